The summed E-state index contributed by atoms with van der Waals surface area (Å²) in [6.07, 6.45) is 4.51. The summed E-state index contributed by atoms with van der Waals surface area (Å²) in [4.78, 5) is 15.4. The number of hydrogen-bond acceptors (Lipinski definition) is 3. The molecule has 1 amide bonds. The van der Waals surface area contributed by atoms with Crippen molar-refractivity contribution in [3.05, 3.63) is 41.4 Å². The molecule has 0 bridgehead atoms. The van der Waals surface area contributed by atoms with E-state index in [1.807, 2.05) is 0 Å². The first kappa shape index (κ1) is 9.67. The molecule has 15 heavy (non-hydrogen) atoms. The van der Waals surface area contributed by atoms with Gasteiger partial charge >= 0.3 is 0 Å². The Morgan fingerprint density at radius 1 is 1.40 bits per heavy atom. The number of carbonyl (C=O) groups is 1. The molecule has 0 radical (unpaired) electrons. The number of pyridine rings is 1. The first-order valence-electron chi connectivity index (χ1n) is 4.17. The van der Waals surface area contributed by atoms with Gasteiger partial charge in [0.15, 0.2) is 0 Å². The average molecular weight is 223 g/mol. The van der Waals surface area contributed by atoms with E-state index in [1.165, 1.54) is 12.4 Å². The summed E-state index contributed by atoms with van der Waals surface area (Å²) in [5, 5.41) is 9.30. The molecular formula is C9H7ClN4O. The van der Waals surface area contributed by atoms with Crippen molar-refractivity contribution >= 4 is 23.2 Å². The SMILES string of the molecule is O=C(Nc1cn[nH]c1)c1ccc(Cl)nc1. The molecule has 0 spiro atoms. The van der Waals surface area contributed by atoms with Crippen LogP contribution in [-0.4, -0.2) is 21.1 Å². The van der Waals surface area contributed by atoms with Crippen LogP contribution < -0.4 is 5.32 Å². The maximum atomic E-state index is 11.6. The van der Waals surface area contributed by atoms with E-state index >= 15 is 0 Å². The molecule has 0 unspecified atom stereocenters. The van der Waals surface area contributed by atoms with Crippen LogP contribution in [0, 0.1) is 0 Å². The summed E-state index contributed by atoms with van der Waals surface area (Å²) in [5.74, 6) is -0.249. The van der Waals surface area contributed by atoms with Crippen LogP contribution in [0.4, 0.5) is 5.69 Å². The zero-order valence-corrected chi connectivity index (χ0v) is 8.32. The van der Waals surface area contributed by atoms with Crippen molar-refractivity contribution in [1.82, 2.24) is 15.2 Å². The van der Waals surface area contributed by atoms with E-state index in [0.29, 0.717) is 16.4 Å². The maximum absolute atomic E-state index is 11.6. The van der Waals surface area contributed by atoms with Gasteiger partial charge < -0.3 is 5.32 Å². The predicted molar refractivity (Wildman–Crippen MR) is 55.8 cm³/mol. The van der Waals surface area contributed by atoms with E-state index in [4.69, 9.17) is 11.6 Å². The molecular weight excluding hydrogens is 216 g/mol. The lowest BCUT2D eigenvalue weighted by Gasteiger charge is -2.01. The third-order valence-corrected chi connectivity index (χ3v) is 1.97. The third-order valence-electron chi connectivity index (χ3n) is 1.75. The zero-order valence-electron chi connectivity index (χ0n) is 7.57. The van der Waals surface area contributed by atoms with Crippen molar-refractivity contribution < 1.29 is 4.79 Å². The summed E-state index contributed by atoms with van der Waals surface area (Å²) < 4.78 is 0. The fourth-order valence-corrected chi connectivity index (χ4v) is 1.14. The molecule has 2 heterocycles. The molecule has 0 saturated heterocycles. The molecule has 2 aromatic heterocycles. The number of halogens is 1. The van der Waals surface area contributed by atoms with Crippen molar-refractivity contribution in [3.63, 3.8) is 0 Å². The van der Waals surface area contributed by atoms with Gasteiger partial charge in [-0.3, -0.25) is 9.89 Å². The first-order valence-corrected chi connectivity index (χ1v) is 4.55. The van der Waals surface area contributed by atoms with Crippen molar-refractivity contribution in [2.75, 3.05) is 5.32 Å². The Hall–Kier alpha value is -1.88. The lowest BCUT2D eigenvalue weighted by Crippen LogP contribution is -2.11. The monoisotopic (exact) mass is 222 g/mol. The molecule has 0 aliphatic carbocycles. The highest BCUT2D eigenvalue weighted by molar-refractivity contribution is 6.29. The Kier molecular flexibility index (Phi) is 2.64. The molecule has 0 saturated carbocycles. The zero-order chi connectivity index (χ0) is 10.7. The molecule has 0 aromatic carbocycles. The highest BCUT2D eigenvalue weighted by Crippen LogP contribution is 2.08. The molecule has 0 atom stereocenters. The standard InChI is InChI=1S/C9H7ClN4O/c10-8-2-1-6(3-11-8)9(15)14-7-4-12-13-5-7/h1-5H,(H,12,13)(H,14,15). The minimum absolute atomic E-state index is 0.249. The van der Waals surface area contributed by atoms with E-state index < -0.39 is 0 Å². The van der Waals surface area contributed by atoms with Gasteiger partial charge in [-0.2, -0.15) is 5.10 Å². The van der Waals surface area contributed by atoms with Crippen LogP contribution in [0.5, 0.6) is 0 Å². The number of aromatic nitrogens is 3. The molecule has 6 heteroatoms. The number of aromatic amines is 1. The third kappa shape index (κ3) is 2.32. The van der Waals surface area contributed by atoms with Gasteiger partial charge in [0, 0.05) is 12.4 Å². The van der Waals surface area contributed by atoms with E-state index in [0.717, 1.165) is 0 Å². The van der Waals surface area contributed by atoms with Crippen LogP contribution in [0.15, 0.2) is 30.7 Å². The van der Waals surface area contributed by atoms with Crippen molar-refractivity contribution in [3.8, 4) is 0 Å². The second-order valence-electron chi connectivity index (χ2n) is 2.81. The van der Waals surface area contributed by atoms with Gasteiger partial charge in [-0.1, -0.05) is 11.6 Å². The lowest BCUT2D eigenvalue weighted by molar-refractivity contribution is 0.102. The van der Waals surface area contributed by atoms with Gasteiger partial charge in [-0.15, -0.1) is 0 Å². The van der Waals surface area contributed by atoms with Gasteiger partial charge in [0.25, 0.3) is 5.91 Å². The summed E-state index contributed by atoms with van der Waals surface area (Å²) >= 11 is 5.60. The molecule has 2 aromatic rings. The molecule has 5 nitrogen and oxygen atoms in total. The van der Waals surface area contributed by atoms with Crippen molar-refractivity contribution in [2.24, 2.45) is 0 Å². The Bertz CT molecular complexity index is 451. The van der Waals surface area contributed by atoms with Gasteiger partial charge in [-0.25, -0.2) is 4.98 Å². The van der Waals surface area contributed by atoms with Crippen LogP contribution >= 0.6 is 11.6 Å². The quantitative estimate of drug-likeness (QED) is 0.760. The lowest BCUT2D eigenvalue weighted by atomic mass is 10.2. The maximum Gasteiger partial charge on any atom is 0.257 e. The van der Waals surface area contributed by atoms with Crippen LogP contribution in [-0.2, 0) is 0 Å². The van der Waals surface area contributed by atoms with Gasteiger partial charge in [-0.05, 0) is 12.1 Å². The number of nitrogens with zero attached hydrogens (tertiary/aromatic N) is 2. The number of nitrogens with one attached hydrogen (secondary N) is 2. The van der Waals surface area contributed by atoms with Crippen LogP contribution in [0.3, 0.4) is 0 Å². The summed E-state index contributed by atoms with van der Waals surface area (Å²) in [6, 6.07) is 3.16. The van der Waals surface area contributed by atoms with Crippen LogP contribution in [0.2, 0.25) is 5.15 Å². The van der Waals surface area contributed by atoms with Crippen LogP contribution in [0.1, 0.15) is 10.4 Å². The molecule has 0 aliphatic rings. The number of hydrogen-bond donors (Lipinski definition) is 2. The topological polar surface area (TPSA) is 70.7 Å². The minimum atomic E-state index is -0.249. The Balaban J connectivity index is 2.11. The second-order valence-corrected chi connectivity index (χ2v) is 3.20. The van der Waals surface area contributed by atoms with Crippen molar-refractivity contribution in [2.45, 2.75) is 0 Å². The smallest absolute Gasteiger partial charge is 0.257 e. The second kappa shape index (κ2) is 4.10. The predicted octanol–water partition coefficient (Wildman–Crippen LogP) is 1.71. The number of carbonyl (C=O) groups excluding carboxylic acids is 1. The van der Waals surface area contributed by atoms with Gasteiger partial charge in [0.05, 0.1) is 17.4 Å². The van der Waals surface area contributed by atoms with E-state index in [-0.39, 0.29) is 5.91 Å². The average Bonchev–Trinajstić information content (AvgIpc) is 2.71. The minimum Gasteiger partial charge on any atom is -0.319 e. The summed E-state index contributed by atoms with van der Waals surface area (Å²) in [6.45, 7) is 0. The highest BCUT2D eigenvalue weighted by Gasteiger charge is 2.06. The van der Waals surface area contributed by atoms with E-state index in [1.54, 1.807) is 18.3 Å². The first-order chi connectivity index (χ1) is 7.25. The Labute approximate surface area is 90.5 Å². The fraction of sp³-hybridized carbons (Fsp3) is 0. The van der Waals surface area contributed by atoms with Gasteiger partial charge in [0.1, 0.15) is 5.15 Å². The number of H-pyrrole nitrogens is 1. The largest absolute Gasteiger partial charge is 0.319 e. The number of anilines is 1. The van der Waals surface area contributed by atoms with Crippen LogP contribution in [0.25, 0.3) is 0 Å². The van der Waals surface area contributed by atoms with E-state index in [2.05, 4.69) is 20.5 Å². The Morgan fingerprint density at radius 2 is 2.27 bits per heavy atom. The van der Waals surface area contributed by atoms with E-state index in [9.17, 15) is 4.79 Å². The van der Waals surface area contributed by atoms with Crippen molar-refractivity contribution in [1.29, 1.82) is 0 Å². The fourth-order valence-electron chi connectivity index (χ4n) is 1.03. The van der Waals surface area contributed by atoms with Gasteiger partial charge in [0.2, 0.25) is 0 Å². The molecule has 2 N–H and O–H groups in total. The summed E-state index contributed by atoms with van der Waals surface area (Å²) in [5.41, 5.74) is 1.05. The number of amides is 1. The number of rotatable bonds is 2. The molecule has 0 fully saturated rings. The molecule has 76 valence electrons. The Morgan fingerprint density at radius 3 is 2.87 bits per heavy atom. The normalized spacial score (nSPS) is 9.93. The highest BCUT2D eigenvalue weighted by atomic mass is 35.5. The molecule has 2 rings (SSSR count). The molecule has 0 aliphatic heterocycles. The summed E-state index contributed by atoms with van der Waals surface area (Å²) in [7, 11) is 0.